The second-order valence-corrected chi connectivity index (χ2v) is 6.30. The topological polar surface area (TPSA) is 70.6 Å². The lowest BCUT2D eigenvalue weighted by Crippen LogP contribution is -2.64. The largest absolute Gasteiger partial charge is 0.295 e. The van der Waals surface area contributed by atoms with Gasteiger partial charge >= 0.3 is 0 Å². The number of guanidine groups is 1. The molecular weight excluding hydrogens is 314 g/mol. The van der Waals surface area contributed by atoms with Crippen LogP contribution in [0.5, 0.6) is 0 Å². The first-order valence-electron chi connectivity index (χ1n) is 7.91. The number of nitrogens with zero attached hydrogens (tertiary/aromatic N) is 1. The van der Waals surface area contributed by atoms with E-state index in [4.69, 9.17) is 11.6 Å². The molecule has 5 nitrogen and oxygen atoms in total. The van der Waals surface area contributed by atoms with Gasteiger partial charge in [-0.15, -0.1) is 0 Å². The van der Waals surface area contributed by atoms with Gasteiger partial charge in [0.15, 0.2) is 0 Å². The SMILES string of the molecule is CCC[C@@H](C)C1(CC)C(=O)NC(=Nc2cccc(Cl)c2)NC1=O. The van der Waals surface area contributed by atoms with Crippen LogP contribution in [0.4, 0.5) is 5.69 Å². The number of hydrogen-bond donors (Lipinski definition) is 2. The Hall–Kier alpha value is -1.88. The number of benzene rings is 1. The van der Waals surface area contributed by atoms with Gasteiger partial charge in [-0.05, 0) is 37.0 Å². The van der Waals surface area contributed by atoms with Crippen molar-refractivity contribution in [2.24, 2.45) is 16.3 Å². The summed E-state index contributed by atoms with van der Waals surface area (Å²) in [4.78, 5) is 29.6. The lowest BCUT2D eigenvalue weighted by Gasteiger charge is -2.38. The number of halogens is 1. The zero-order chi connectivity index (χ0) is 17.0. The average molecular weight is 336 g/mol. The number of carbonyl (C=O) groups is 2. The zero-order valence-corrected chi connectivity index (χ0v) is 14.4. The van der Waals surface area contributed by atoms with Crippen molar-refractivity contribution in [2.75, 3.05) is 0 Å². The fraction of sp³-hybridized carbons (Fsp3) is 0.471. The molecule has 1 aromatic rings. The third kappa shape index (κ3) is 3.39. The van der Waals surface area contributed by atoms with Gasteiger partial charge in [0, 0.05) is 5.02 Å². The highest BCUT2D eigenvalue weighted by molar-refractivity contribution is 6.30. The van der Waals surface area contributed by atoms with E-state index in [-0.39, 0.29) is 23.7 Å². The first-order chi connectivity index (χ1) is 10.9. The highest BCUT2D eigenvalue weighted by atomic mass is 35.5. The molecule has 2 amide bonds. The monoisotopic (exact) mass is 335 g/mol. The van der Waals surface area contributed by atoms with E-state index in [0.29, 0.717) is 17.1 Å². The number of amides is 2. The molecule has 0 saturated carbocycles. The molecule has 0 aliphatic carbocycles. The summed E-state index contributed by atoms with van der Waals surface area (Å²) < 4.78 is 0. The highest BCUT2D eigenvalue weighted by Gasteiger charge is 2.51. The van der Waals surface area contributed by atoms with E-state index in [1.807, 2.05) is 20.8 Å². The van der Waals surface area contributed by atoms with E-state index >= 15 is 0 Å². The van der Waals surface area contributed by atoms with Crippen molar-refractivity contribution in [1.82, 2.24) is 10.6 Å². The van der Waals surface area contributed by atoms with Gasteiger partial charge in [0.05, 0.1) is 5.69 Å². The molecule has 0 spiro atoms. The number of rotatable bonds is 5. The maximum Gasteiger partial charge on any atom is 0.242 e. The predicted molar refractivity (Wildman–Crippen MR) is 91.6 cm³/mol. The van der Waals surface area contributed by atoms with E-state index < -0.39 is 5.41 Å². The van der Waals surface area contributed by atoms with E-state index in [9.17, 15) is 9.59 Å². The second-order valence-electron chi connectivity index (χ2n) is 5.86. The first kappa shape index (κ1) is 17.5. The lowest BCUT2D eigenvalue weighted by atomic mass is 9.70. The highest BCUT2D eigenvalue weighted by Crippen LogP contribution is 2.36. The van der Waals surface area contributed by atoms with Crippen molar-refractivity contribution >= 4 is 35.1 Å². The Morgan fingerprint density at radius 3 is 2.39 bits per heavy atom. The van der Waals surface area contributed by atoms with Crippen LogP contribution in [0, 0.1) is 11.3 Å². The molecule has 0 radical (unpaired) electrons. The molecule has 2 rings (SSSR count). The van der Waals surface area contributed by atoms with Crippen LogP contribution in [-0.4, -0.2) is 17.8 Å². The van der Waals surface area contributed by atoms with Crippen molar-refractivity contribution in [3.8, 4) is 0 Å². The van der Waals surface area contributed by atoms with Gasteiger partial charge in [0.2, 0.25) is 17.8 Å². The van der Waals surface area contributed by atoms with Crippen LogP contribution in [0.25, 0.3) is 0 Å². The van der Waals surface area contributed by atoms with Gasteiger partial charge in [-0.1, -0.05) is 44.9 Å². The molecule has 1 aromatic carbocycles. The van der Waals surface area contributed by atoms with Crippen LogP contribution in [0.2, 0.25) is 5.02 Å². The molecule has 124 valence electrons. The summed E-state index contributed by atoms with van der Waals surface area (Å²) in [5.74, 6) is -0.462. The minimum Gasteiger partial charge on any atom is -0.295 e. The molecular formula is C17H22ClN3O2. The van der Waals surface area contributed by atoms with Crippen LogP contribution in [0.1, 0.15) is 40.0 Å². The molecule has 1 aliphatic rings. The fourth-order valence-corrected chi connectivity index (χ4v) is 3.28. The molecule has 1 atom stereocenters. The minimum atomic E-state index is -1.04. The summed E-state index contributed by atoms with van der Waals surface area (Å²) in [5.41, 5.74) is -0.470. The number of hydrogen-bond acceptors (Lipinski definition) is 3. The fourth-order valence-electron chi connectivity index (χ4n) is 3.10. The summed E-state index contributed by atoms with van der Waals surface area (Å²) in [5, 5.41) is 6.01. The maximum absolute atomic E-state index is 12.7. The molecule has 23 heavy (non-hydrogen) atoms. The van der Waals surface area contributed by atoms with Gasteiger partial charge in [-0.2, -0.15) is 0 Å². The van der Waals surface area contributed by atoms with Crippen LogP contribution in [0.3, 0.4) is 0 Å². The zero-order valence-electron chi connectivity index (χ0n) is 13.6. The molecule has 2 N–H and O–H groups in total. The summed E-state index contributed by atoms with van der Waals surface area (Å²) in [6.45, 7) is 5.86. The van der Waals surface area contributed by atoms with Crippen molar-refractivity contribution in [3.63, 3.8) is 0 Å². The Labute approximate surface area is 141 Å². The van der Waals surface area contributed by atoms with E-state index in [0.717, 1.165) is 12.8 Å². The smallest absolute Gasteiger partial charge is 0.242 e. The van der Waals surface area contributed by atoms with Crippen molar-refractivity contribution in [1.29, 1.82) is 0 Å². The molecule has 0 aromatic heterocycles. The maximum atomic E-state index is 12.7. The Morgan fingerprint density at radius 1 is 1.22 bits per heavy atom. The Balaban J connectivity index is 2.28. The quantitative estimate of drug-likeness (QED) is 0.809. The lowest BCUT2D eigenvalue weighted by molar-refractivity contribution is -0.147. The Morgan fingerprint density at radius 2 is 1.87 bits per heavy atom. The molecule has 0 unspecified atom stereocenters. The van der Waals surface area contributed by atoms with Gasteiger partial charge < -0.3 is 0 Å². The third-order valence-corrected chi connectivity index (χ3v) is 4.68. The Kier molecular flexibility index (Phi) is 5.42. The normalized spacial score (nSPS) is 22.3. The van der Waals surface area contributed by atoms with E-state index in [2.05, 4.69) is 15.6 Å². The van der Waals surface area contributed by atoms with Crippen LogP contribution in [0.15, 0.2) is 29.3 Å². The predicted octanol–water partition coefficient (Wildman–Crippen LogP) is 3.41. The summed E-state index contributed by atoms with van der Waals surface area (Å²) in [6, 6.07) is 6.90. The second kappa shape index (κ2) is 7.13. The van der Waals surface area contributed by atoms with Crippen LogP contribution in [-0.2, 0) is 9.59 Å². The van der Waals surface area contributed by atoms with Gasteiger partial charge in [0.1, 0.15) is 5.41 Å². The average Bonchev–Trinajstić information content (AvgIpc) is 2.48. The Bertz CT molecular complexity index is 622. The summed E-state index contributed by atoms with van der Waals surface area (Å²) >= 11 is 5.92. The van der Waals surface area contributed by atoms with Crippen molar-refractivity contribution < 1.29 is 9.59 Å². The van der Waals surface area contributed by atoms with Gasteiger partial charge in [0.25, 0.3) is 0 Å². The third-order valence-electron chi connectivity index (χ3n) is 4.44. The molecule has 1 heterocycles. The van der Waals surface area contributed by atoms with E-state index in [1.165, 1.54) is 0 Å². The molecule has 1 saturated heterocycles. The summed E-state index contributed by atoms with van der Waals surface area (Å²) in [7, 11) is 0. The molecule has 1 aliphatic heterocycles. The number of aliphatic imine (C=N–C) groups is 1. The molecule has 0 bridgehead atoms. The van der Waals surface area contributed by atoms with Gasteiger partial charge in [-0.3, -0.25) is 20.2 Å². The standard InChI is InChI=1S/C17H22ClN3O2/c1-4-7-11(3)17(5-2)14(22)20-16(21-15(17)23)19-13-9-6-8-12(18)10-13/h6,8-11H,4-5,7H2,1-3H3,(H2,19,20,21,22,23)/t11-/m1/s1. The van der Waals surface area contributed by atoms with Crippen molar-refractivity contribution in [2.45, 2.75) is 40.0 Å². The van der Waals surface area contributed by atoms with Crippen LogP contribution < -0.4 is 10.6 Å². The number of carbonyl (C=O) groups excluding carboxylic acids is 2. The number of nitrogens with one attached hydrogen (secondary N) is 2. The van der Waals surface area contributed by atoms with Gasteiger partial charge in [-0.25, -0.2) is 4.99 Å². The summed E-state index contributed by atoms with van der Waals surface area (Å²) in [6.07, 6.45) is 2.19. The van der Waals surface area contributed by atoms with Crippen LogP contribution >= 0.6 is 11.6 Å². The molecule has 6 heteroatoms. The van der Waals surface area contributed by atoms with E-state index in [1.54, 1.807) is 24.3 Å². The first-order valence-corrected chi connectivity index (χ1v) is 8.29. The molecule has 1 fully saturated rings. The minimum absolute atomic E-state index is 0.0368. The van der Waals surface area contributed by atoms with Crippen molar-refractivity contribution in [3.05, 3.63) is 29.3 Å².